The van der Waals surface area contributed by atoms with Crippen LogP contribution in [-0.4, -0.2) is 16.9 Å². The summed E-state index contributed by atoms with van der Waals surface area (Å²) in [6.07, 6.45) is 0.760. The second-order valence-corrected chi connectivity index (χ2v) is 6.58. The van der Waals surface area contributed by atoms with Crippen molar-refractivity contribution in [3.8, 4) is 0 Å². The van der Waals surface area contributed by atoms with Crippen LogP contribution in [0, 0.1) is 10.8 Å². The molecule has 0 saturated heterocycles. The number of rotatable bonds is 4. The van der Waals surface area contributed by atoms with Gasteiger partial charge in [0.1, 0.15) is 5.82 Å². The van der Waals surface area contributed by atoms with Crippen LogP contribution < -0.4 is 16.6 Å². The third kappa shape index (κ3) is 2.26. The lowest BCUT2D eigenvalue weighted by Crippen LogP contribution is -2.30. The second-order valence-electron chi connectivity index (χ2n) is 6.58. The number of carbonyl (C=O) groups excluding carboxylic acids is 1. The molecule has 5 heteroatoms. The van der Waals surface area contributed by atoms with E-state index in [1.165, 1.54) is 0 Å². The predicted octanol–water partition coefficient (Wildman–Crippen LogP) is 2.09. The highest BCUT2D eigenvalue weighted by molar-refractivity contribution is 5.95. The molecule has 0 radical (unpaired) electrons. The van der Waals surface area contributed by atoms with Crippen LogP contribution in [-0.2, 0) is 6.42 Å². The van der Waals surface area contributed by atoms with E-state index in [9.17, 15) is 4.79 Å². The zero-order chi connectivity index (χ0) is 15.1. The summed E-state index contributed by atoms with van der Waals surface area (Å²) in [6.45, 7) is 10.7. The molecule has 1 aliphatic carbocycles. The molecule has 0 bridgehead atoms. The van der Waals surface area contributed by atoms with Crippen molar-refractivity contribution in [2.24, 2.45) is 16.7 Å². The zero-order valence-corrected chi connectivity index (χ0v) is 12.9. The summed E-state index contributed by atoms with van der Waals surface area (Å²) in [7, 11) is 0. The van der Waals surface area contributed by atoms with E-state index in [0.717, 1.165) is 12.1 Å². The maximum Gasteiger partial charge on any atom is 0.251 e. The van der Waals surface area contributed by atoms with Crippen molar-refractivity contribution >= 4 is 11.7 Å². The molecular formula is C15H24N4O. The standard InChI is InChI=1S/C15H24N4O/c1-6-10-7-9(8-11(17-10)19-16)12(20)18-13-14(2,3)15(13,4)5/h7-8,13H,6,16H2,1-5H3,(H,17,19)(H,18,20). The Morgan fingerprint density at radius 3 is 2.35 bits per heavy atom. The van der Waals surface area contributed by atoms with Gasteiger partial charge in [-0.1, -0.05) is 34.6 Å². The maximum absolute atomic E-state index is 12.4. The Labute approximate surface area is 120 Å². The van der Waals surface area contributed by atoms with E-state index in [1.807, 2.05) is 13.0 Å². The molecule has 1 fully saturated rings. The molecule has 5 nitrogen and oxygen atoms in total. The molecule has 1 amide bonds. The van der Waals surface area contributed by atoms with Crippen molar-refractivity contribution < 1.29 is 4.79 Å². The predicted molar refractivity (Wildman–Crippen MR) is 80.2 cm³/mol. The molecule has 1 aromatic rings. The van der Waals surface area contributed by atoms with Crippen LogP contribution in [0.15, 0.2) is 12.1 Å². The number of hydrogen-bond donors (Lipinski definition) is 3. The number of nitrogens with zero attached hydrogens (tertiary/aromatic N) is 1. The Morgan fingerprint density at radius 2 is 1.90 bits per heavy atom. The SMILES string of the molecule is CCc1cc(C(=O)NC2C(C)(C)C2(C)C)cc(NN)n1. The largest absolute Gasteiger partial charge is 0.348 e. The first-order chi connectivity index (χ1) is 9.23. The highest BCUT2D eigenvalue weighted by atomic mass is 16.1. The summed E-state index contributed by atoms with van der Waals surface area (Å²) in [4.78, 5) is 16.7. The summed E-state index contributed by atoms with van der Waals surface area (Å²) >= 11 is 0. The van der Waals surface area contributed by atoms with Crippen molar-refractivity contribution in [2.45, 2.75) is 47.1 Å². The highest BCUT2D eigenvalue weighted by Crippen LogP contribution is 2.62. The molecular weight excluding hydrogens is 252 g/mol. The fourth-order valence-corrected chi connectivity index (χ4v) is 2.75. The van der Waals surface area contributed by atoms with Crippen LogP contribution >= 0.6 is 0 Å². The van der Waals surface area contributed by atoms with Gasteiger partial charge in [0.15, 0.2) is 0 Å². The number of hydrazine groups is 1. The first-order valence-corrected chi connectivity index (χ1v) is 7.02. The summed E-state index contributed by atoms with van der Waals surface area (Å²) in [5, 5.41) is 3.12. The molecule has 1 aromatic heterocycles. The summed E-state index contributed by atoms with van der Waals surface area (Å²) in [5.41, 5.74) is 4.20. The van der Waals surface area contributed by atoms with Gasteiger partial charge in [-0.3, -0.25) is 4.79 Å². The number of pyridine rings is 1. The number of nitrogens with two attached hydrogens (primary N) is 1. The lowest BCUT2D eigenvalue weighted by atomic mass is 10.0. The molecule has 0 aliphatic heterocycles. The van der Waals surface area contributed by atoms with Gasteiger partial charge in [0.2, 0.25) is 0 Å². The van der Waals surface area contributed by atoms with Gasteiger partial charge in [0.25, 0.3) is 5.91 Å². The molecule has 4 N–H and O–H groups in total. The van der Waals surface area contributed by atoms with Gasteiger partial charge in [-0.2, -0.15) is 0 Å². The van der Waals surface area contributed by atoms with Crippen LogP contribution in [0.25, 0.3) is 0 Å². The van der Waals surface area contributed by atoms with Gasteiger partial charge in [-0.15, -0.1) is 0 Å². The molecule has 1 saturated carbocycles. The quantitative estimate of drug-likeness (QED) is 0.581. The lowest BCUT2D eigenvalue weighted by Gasteiger charge is -2.10. The zero-order valence-electron chi connectivity index (χ0n) is 12.9. The monoisotopic (exact) mass is 276 g/mol. The van der Waals surface area contributed by atoms with Crippen molar-refractivity contribution in [3.63, 3.8) is 0 Å². The van der Waals surface area contributed by atoms with Crippen molar-refractivity contribution in [1.29, 1.82) is 0 Å². The maximum atomic E-state index is 12.4. The van der Waals surface area contributed by atoms with Crippen LogP contribution in [0.1, 0.15) is 50.7 Å². The van der Waals surface area contributed by atoms with Crippen LogP contribution in [0.3, 0.4) is 0 Å². The molecule has 1 heterocycles. The molecule has 0 unspecified atom stereocenters. The average molecular weight is 276 g/mol. The number of carbonyl (C=O) groups is 1. The van der Waals surface area contributed by atoms with E-state index < -0.39 is 0 Å². The molecule has 0 spiro atoms. The fraction of sp³-hybridized carbons (Fsp3) is 0.600. The molecule has 2 rings (SSSR count). The number of aromatic nitrogens is 1. The third-order valence-corrected chi connectivity index (χ3v) is 4.95. The first-order valence-electron chi connectivity index (χ1n) is 7.02. The van der Waals surface area contributed by atoms with E-state index in [4.69, 9.17) is 5.84 Å². The molecule has 1 aliphatic rings. The lowest BCUT2D eigenvalue weighted by molar-refractivity contribution is 0.0943. The summed E-state index contributed by atoms with van der Waals surface area (Å²) in [6, 6.07) is 3.69. The van der Waals surface area contributed by atoms with Crippen molar-refractivity contribution in [2.75, 3.05) is 5.43 Å². The van der Waals surface area contributed by atoms with Gasteiger partial charge in [0.05, 0.1) is 0 Å². The van der Waals surface area contributed by atoms with Gasteiger partial charge >= 0.3 is 0 Å². The van der Waals surface area contributed by atoms with E-state index in [0.29, 0.717) is 11.4 Å². The smallest absolute Gasteiger partial charge is 0.251 e. The Morgan fingerprint density at radius 1 is 1.30 bits per heavy atom. The number of hydrogen-bond acceptors (Lipinski definition) is 4. The fourth-order valence-electron chi connectivity index (χ4n) is 2.75. The van der Waals surface area contributed by atoms with E-state index in [2.05, 4.69) is 43.4 Å². The van der Waals surface area contributed by atoms with Gasteiger partial charge in [-0.25, -0.2) is 10.8 Å². The average Bonchev–Trinajstić information content (AvgIpc) is 2.80. The number of nitrogen functional groups attached to an aromatic ring is 1. The van der Waals surface area contributed by atoms with Crippen molar-refractivity contribution in [3.05, 3.63) is 23.4 Å². The van der Waals surface area contributed by atoms with Gasteiger partial charge < -0.3 is 10.7 Å². The Balaban J connectivity index is 2.18. The summed E-state index contributed by atoms with van der Waals surface area (Å²) < 4.78 is 0. The van der Waals surface area contributed by atoms with Gasteiger partial charge in [0, 0.05) is 17.3 Å². The number of aryl methyl sites for hydroxylation is 1. The minimum Gasteiger partial charge on any atom is -0.348 e. The Kier molecular flexibility index (Phi) is 3.50. The highest BCUT2D eigenvalue weighted by Gasteiger charge is 2.65. The topological polar surface area (TPSA) is 80.0 Å². The van der Waals surface area contributed by atoms with Crippen molar-refractivity contribution in [1.82, 2.24) is 10.3 Å². The van der Waals surface area contributed by atoms with Crippen LogP contribution in [0.5, 0.6) is 0 Å². The molecule has 0 atom stereocenters. The molecule has 0 aromatic carbocycles. The molecule has 110 valence electrons. The molecule has 20 heavy (non-hydrogen) atoms. The number of anilines is 1. The van der Waals surface area contributed by atoms with E-state index >= 15 is 0 Å². The summed E-state index contributed by atoms with van der Waals surface area (Å²) in [5.74, 6) is 5.85. The van der Waals surface area contributed by atoms with E-state index in [-0.39, 0.29) is 22.8 Å². The Bertz CT molecular complexity index is 500. The minimum atomic E-state index is -0.0674. The third-order valence-electron chi connectivity index (χ3n) is 4.95. The first kappa shape index (κ1) is 14.8. The van der Waals surface area contributed by atoms with Crippen LogP contribution in [0.2, 0.25) is 0 Å². The minimum absolute atomic E-state index is 0.0674. The Hall–Kier alpha value is -1.62. The number of amides is 1. The van der Waals surface area contributed by atoms with Crippen LogP contribution in [0.4, 0.5) is 5.82 Å². The second kappa shape index (κ2) is 4.74. The van der Waals surface area contributed by atoms with E-state index in [1.54, 1.807) is 6.07 Å². The van der Waals surface area contributed by atoms with Gasteiger partial charge in [-0.05, 0) is 29.4 Å². The normalized spacial score (nSPS) is 19.5. The number of nitrogens with one attached hydrogen (secondary N) is 2.